The zero-order chi connectivity index (χ0) is 10.6. The van der Waals surface area contributed by atoms with E-state index < -0.39 is 0 Å². The van der Waals surface area contributed by atoms with Crippen LogP contribution in [0.1, 0.15) is 52.4 Å². The third-order valence-corrected chi connectivity index (χ3v) is 3.37. The van der Waals surface area contributed by atoms with E-state index in [4.69, 9.17) is 0 Å². The van der Waals surface area contributed by atoms with Crippen LogP contribution in [0.4, 0.5) is 0 Å². The first-order valence-corrected chi connectivity index (χ1v) is 5.56. The van der Waals surface area contributed by atoms with Gasteiger partial charge in [-0.3, -0.25) is 4.79 Å². The van der Waals surface area contributed by atoms with Crippen molar-refractivity contribution in [1.29, 1.82) is 0 Å². The highest BCUT2D eigenvalue weighted by Gasteiger charge is 2.35. The topological polar surface area (TPSA) is 34.1 Å². The summed E-state index contributed by atoms with van der Waals surface area (Å²) >= 11 is 0. The molecule has 0 N–H and O–H groups in total. The average molecular weight is 196 g/mol. The molecule has 0 radical (unpaired) electrons. The second-order valence-electron chi connectivity index (χ2n) is 4.88. The zero-order valence-corrected chi connectivity index (χ0v) is 9.21. The van der Waals surface area contributed by atoms with Crippen LogP contribution in [0.3, 0.4) is 0 Å². The number of rotatable bonds is 5. The Kier molecular flexibility index (Phi) is 3.85. The van der Waals surface area contributed by atoms with Gasteiger partial charge in [-0.25, -0.2) is 0 Å². The van der Waals surface area contributed by atoms with Gasteiger partial charge in [-0.1, -0.05) is 26.7 Å². The molecule has 0 aromatic heterocycles. The van der Waals surface area contributed by atoms with Crippen molar-refractivity contribution in [2.45, 2.75) is 52.4 Å². The predicted octanol–water partition coefficient (Wildman–Crippen LogP) is 2.75. The first-order valence-electron chi connectivity index (χ1n) is 5.56. The van der Waals surface area contributed by atoms with E-state index in [1.54, 1.807) is 0 Å². The summed E-state index contributed by atoms with van der Waals surface area (Å²) in [6.45, 7) is 3.87. The highest BCUT2D eigenvalue weighted by molar-refractivity contribution is 5.81. The molecule has 2 heteroatoms. The summed E-state index contributed by atoms with van der Waals surface area (Å²) in [5.41, 5.74) is 0.0309. The van der Waals surface area contributed by atoms with Crippen LogP contribution >= 0.6 is 0 Å². The number of aldehydes is 1. The predicted molar refractivity (Wildman–Crippen MR) is 56.0 cm³/mol. The largest absolute Gasteiger partial charge is 0.303 e. The Morgan fingerprint density at radius 3 is 2.36 bits per heavy atom. The van der Waals surface area contributed by atoms with E-state index in [0.717, 1.165) is 19.1 Å². The Labute approximate surface area is 86.1 Å². The minimum Gasteiger partial charge on any atom is -0.303 e. The molecule has 0 saturated heterocycles. The zero-order valence-electron chi connectivity index (χ0n) is 9.21. The molecule has 80 valence electrons. The third kappa shape index (κ3) is 2.66. The Bertz CT molecular complexity index is 212. The summed E-state index contributed by atoms with van der Waals surface area (Å²) < 4.78 is 0. The van der Waals surface area contributed by atoms with E-state index in [9.17, 15) is 9.59 Å². The smallest absolute Gasteiger partial charge is 0.135 e. The molecule has 14 heavy (non-hydrogen) atoms. The van der Waals surface area contributed by atoms with Gasteiger partial charge in [-0.15, -0.1) is 0 Å². The molecule has 0 atom stereocenters. The molecule has 2 nitrogen and oxygen atoms in total. The first kappa shape index (κ1) is 11.4. The van der Waals surface area contributed by atoms with Gasteiger partial charge >= 0.3 is 0 Å². The van der Waals surface area contributed by atoms with Crippen LogP contribution in [0.5, 0.6) is 0 Å². The van der Waals surface area contributed by atoms with Crippen LogP contribution in [0, 0.1) is 11.3 Å². The van der Waals surface area contributed by atoms with Crippen LogP contribution < -0.4 is 0 Å². The lowest BCUT2D eigenvalue weighted by Crippen LogP contribution is -2.24. The standard InChI is InChI=1S/C12H20O2/c1-10(2)11(14)9-12(7-8-13)5-3-4-6-12/h8,10H,3-7,9H2,1-2H3. The van der Waals surface area contributed by atoms with Crippen molar-refractivity contribution in [3.8, 4) is 0 Å². The molecule has 0 spiro atoms. The van der Waals surface area contributed by atoms with E-state index in [1.165, 1.54) is 12.8 Å². The number of Topliss-reactive ketones (excluding diaryl/α,β-unsaturated/α-hetero) is 1. The fraction of sp³-hybridized carbons (Fsp3) is 0.833. The van der Waals surface area contributed by atoms with Crippen molar-refractivity contribution in [2.24, 2.45) is 11.3 Å². The van der Waals surface area contributed by atoms with Gasteiger partial charge < -0.3 is 4.79 Å². The average Bonchev–Trinajstić information content (AvgIpc) is 2.54. The third-order valence-electron chi connectivity index (χ3n) is 3.37. The summed E-state index contributed by atoms with van der Waals surface area (Å²) in [7, 11) is 0. The van der Waals surface area contributed by atoms with E-state index in [2.05, 4.69) is 0 Å². The molecule has 0 bridgehead atoms. The molecule has 1 aliphatic carbocycles. The number of hydrogen-bond donors (Lipinski definition) is 0. The summed E-state index contributed by atoms with van der Waals surface area (Å²) in [4.78, 5) is 22.3. The fourth-order valence-electron chi connectivity index (χ4n) is 2.33. The maximum absolute atomic E-state index is 11.7. The highest BCUT2D eigenvalue weighted by Crippen LogP contribution is 2.43. The lowest BCUT2D eigenvalue weighted by Gasteiger charge is -2.26. The highest BCUT2D eigenvalue weighted by atomic mass is 16.1. The minimum absolute atomic E-state index is 0.0309. The molecule has 0 amide bonds. The van der Waals surface area contributed by atoms with Gasteiger partial charge in [0.2, 0.25) is 0 Å². The summed E-state index contributed by atoms with van der Waals surface area (Å²) in [5.74, 6) is 0.424. The van der Waals surface area contributed by atoms with Crippen molar-refractivity contribution in [2.75, 3.05) is 0 Å². The summed E-state index contributed by atoms with van der Waals surface area (Å²) in [6, 6.07) is 0. The molecule has 0 unspecified atom stereocenters. The molecule has 1 aliphatic rings. The lowest BCUT2D eigenvalue weighted by molar-refractivity contribution is -0.124. The first-order chi connectivity index (χ1) is 6.59. The lowest BCUT2D eigenvalue weighted by atomic mass is 9.77. The van der Waals surface area contributed by atoms with Crippen LogP contribution in [0.25, 0.3) is 0 Å². The van der Waals surface area contributed by atoms with E-state index in [0.29, 0.717) is 18.6 Å². The second kappa shape index (κ2) is 4.72. The maximum Gasteiger partial charge on any atom is 0.135 e. The van der Waals surface area contributed by atoms with Crippen molar-refractivity contribution in [3.05, 3.63) is 0 Å². The monoisotopic (exact) mass is 196 g/mol. The van der Waals surface area contributed by atoms with E-state index >= 15 is 0 Å². The number of ketones is 1. The van der Waals surface area contributed by atoms with Gasteiger partial charge in [-0.05, 0) is 18.3 Å². The minimum atomic E-state index is 0.0309. The molecular weight excluding hydrogens is 176 g/mol. The Morgan fingerprint density at radius 2 is 1.93 bits per heavy atom. The molecule has 0 aromatic carbocycles. The molecule has 0 heterocycles. The quantitative estimate of drug-likeness (QED) is 0.633. The van der Waals surface area contributed by atoms with Gasteiger partial charge in [0.25, 0.3) is 0 Å². The van der Waals surface area contributed by atoms with Crippen LogP contribution in [-0.2, 0) is 9.59 Å². The Hall–Kier alpha value is -0.660. The van der Waals surface area contributed by atoms with Crippen molar-refractivity contribution < 1.29 is 9.59 Å². The van der Waals surface area contributed by atoms with Crippen LogP contribution in [0.15, 0.2) is 0 Å². The van der Waals surface area contributed by atoms with Gasteiger partial charge in [0, 0.05) is 18.8 Å². The van der Waals surface area contributed by atoms with Crippen LogP contribution in [-0.4, -0.2) is 12.1 Å². The maximum atomic E-state index is 11.7. The Balaban J connectivity index is 2.59. The van der Waals surface area contributed by atoms with Crippen molar-refractivity contribution in [3.63, 3.8) is 0 Å². The molecular formula is C12H20O2. The van der Waals surface area contributed by atoms with Crippen molar-refractivity contribution in [1.82, 2.24) is 0 Å². The number of hydrogen-bond acceptors (Lipinski definition) is 2. The van der Waals surface area contributed by atoms with Gasteiger partial charge in [0.05, 0.1) is 0 Å². The van der Waals surface area contributed by atoms with Crippen molar-refractivity contribution >= 4 is 12.1 Å². The second-order valence-corrected chi connectivity index (χ2v) is 4.88. The molecule has 1 saturated carbocycles. The number of carbonyl (C=O) groups excluding carboxylic acids is 2. The van der Waals surface area contributed by atoms with Gasteiger partial charge in [-0.2, -0.15) is 0 Å². The molecule has 1 rings (SSSR count). The molecule has 0 aromatic rings. The SMILES string of the molecule is CC(C)C(=O)CC1(CC=O)CCCC1. The number of carbonyl (C=O) groups is 2. The molecule has 0 aliphatic heterocycles. The summed E-state index contributed by atoms with van der Waals surface area (Å²) in [5, 5.41) is 0. The van der Waals surface area contributed by atoms with Gasteiger partial charge in [0.1, 0.15) is 12.1 Å². The normalized spacial score (nSPS) is 19.9. The summed E-state index contributed by atoms with van der Waals surface area (Å²) in [6.07, 6.45) is 6.65. The fourth-order valence-corrected chi connectivity index (χ4v) is 2.33. The van der Waals surface area contributed by atoms with E-state index in [1.807, 2.05) is 13.8 Å². The molecule has 1 fully saturated rings. The van der Waals surface area contributed by atoms with E-state index in [-0.39, 0.29) is 11.3 Å². The van der Waals surface area contributed by atoms with Crippen LogP contribution in [0.2, 0.25) is 0 Å². The Morgan fingerprint density at radius 1 is 1.36 bits per heavy atom. The van der Waals surface area contributed by atoms with Gasteiger partial charge in [0.15, 0.2) is 0 Å².